The summed E-state index contributed by atoms with van der Waals surface area (Å²) in [7, 11) is 3.31. The van der Waals surface area contributed by atoms with Crippen molar-refractivity contribution in [1.82, 2.24) is 19.9 Å². The second-order valence-electron chi connectivity index (χ2n) is 8.29. The fourth-order valence-electron chi connectivity index (χ4n) is 3.74. The number of aromatic nitrogens is 3. The van der Waals surface area contributed by atoms with Crippen LogP contribution in [0.1, 0.15) is 35.6 Å². The molecule has 0 aliphatic carbocycles. The van der Waals surface area contributed by atoms with Crippen molar-refractivity contribution in [1.29, 1.82) is 0 Å². The minimum atomic E-state index is -0.860. The highest BCUT2D eigenvalue weighted by molar-refractivity contribution is 7.14. The topological polar surface area (TPSA) is 98.1 Å². The first-order chi connectivity index (χ1) is 17.8. The molecule has 0 radical (unpaired) electrons. The van der Waals surface area contributed by atoms with Crippen LogP contribution in [0.25, 0.3) is 22.4 Å². The molecule has 0 aliphatic heterocycles. The fraction of sp³-hybridized carbons (Fsp3) is 0.286. The second-order valence-corrected chi connectivity index (χ2v) is 9.15. The van der Waals surface area contributed by atoms with Gasteiger partial charge in [0.2, 0.25) is 0 Å². The Hall–Kier alpha value is -3.82. The van der Waals surface area contributed by atoms with E-state index in [0.29, 0.717) is 10.7 Å². The van der Waals surface area contributed by atoms with Crippen molar-refractivity contribution in [3.63, 3.8) is 0 Å². The van der Waals surface area contributed by atoms with E-state index in [1.54, 1.807) is 23.0 Å². The number of anilines is 1. The highest BCUT2D eigenvalue weighted by Crippen LogP contribution is 2.29. The molecular formula is C28H33N5O3S. The van der Waals surface area contributed by atoms with Crippen molar-refractivity contribution in [2.75, 3.05) is 19.0 Å². The molecule has 0 aliphatic rings. The zero-order valence-corrected chi connectivity index (χ0v) is 22.8. The van der Waals surface area contributed by atoms with Crippen molar-refractivity contribution in [3.05, 3.63) is 77.2 Å². The number of rotatable bonds is 8. The van der Waals surface area contributed by atoms with Gasteiger partial charge in [-0.15, -0.1) is 11.3 Å². The summed E-state index contributed by atoms with van der Waals surface area (Å²) in [6, 6.07) is 13.0. The zero-order chi connectivity index (χ0) is 26.9. The molecule has 3 aromatic heterocycles. The van der Waals surface area contributed by atoms with Gasteiger partial charge in [0.25, 0.3) is 11.8 Å². The van der Waals surface area contributed by atoms with Gasteiger partial charge in [0.1, 0.15) is 6.04 Å². The molecule has 2 N–H and O–H groups in total. The van der Waals surface area contributed by atoms with E-state index in [9.17, 15) is 9.59 Å². The summed E-state index contributed by atoms with van der Waals surface area (Å²) in [6.07, 6.45) is 3.45. The average molecular weight is 520 g/mol. The van der Waals surface area contributed by atoms with Crippen LogP contribution in [0.2, 0.25) is 0 Å². The molecule has 4 rings (SSSR count). The molecule has 0 saturated carbocycles. The Balaban J connectivity index is 0.00000186. The fourth-order valence-corrected chi connectivity index (χ4v) is 4.47. The van der Waals surface area contributed by atoms with Crippen molar-refractivity contribution >= 4 is 28.3 Å². The molecule has 2 amide bonds. The van der Waals surface area contributed by atoms with Crippen molar-refractivity contribution < 1.29 is 14.3 Å². The van der Waals surface area contributed by atoms with Gasteiger partial charge in [-0.1, -0.05) is 32.0 Å². The number of nitrogens with zero attached hydrogens (tertiary/aromatic N) is 3. The molecule has 0 fully saturated rings. The molecule has 37 heavy (non-hydrogen) atoms. The summed E-state index contributed by atoms with van der Waals surface area (Å²) in [5.74, 6) is -0.741. The van der Waals surface area contributed by atoms with E-state index in [-0.39, 0.29) is 12.5 Å². The van der Waals surface area contributed by atoms with E-state index >= 15 is 0 Å². The Kier molecular flexibility index (Phi) is 9.71. The first-order valence-corrected chi connectivity index (χ1v) is 12.9. The van der Waals surface area contributed by atoms with Gasteiger partial charge in [0.15, 0.2) is 5.13 Å². The number of carbonyl (C=O) groups excluding carboxylic acids is 2. The molecule has 4 aromatic rings. The number of hydrogen-bond acceptors (Lipinski definition) is 6. The second kappa shape index (κ2) is 12.9. The number of thiazole rings is 1. The van der Waals surface area contributed by atoms with Crippen LogP contribution in [0.5, 0.6) is 0 Å². The minimum absolute atomic E-state index is 0.0372. The van der Waals surface area contributed by atoms with Crippen molar-refractivity contribution in [3.8, 4) is 22.4 Å². The average Bonchev–Trinajstić information content (AvgIpc) is 3.53. The van der Waals surface area contributed by atoms with Gasteiger partial charge in [-0.2, -0.15) is 0 Å². The number of methoxy groups -OCH3 is 1. The summed E-state index contributed by atoms with van der Waals surface area (Å²) < 4.78 is 6.92. The SMILES string of the molecule is CC.COCC(NC(=O)c1ccn(C)c1)C(=O)Nc1nc(-c2cccc(-c3cc(C)nc(C)c3)c2)cs1. The third kappa shape index (κ3) is 7.34. The van der Waals surface area contributed by atoms with Gasteiger partial charge < -0.3 is 19.9 Å². The third-order valence-electron chi connectivity index (χ3n) is 5.36. The van der Waals surface area contributed by atoms with E-state index in [2.05, 4.69) is 44.9 Å². The van der Waals surface area contributed by atoms with E-state index in [1.165, 1.54) is 18.4 Å². The van der Waals surface area contributed by atoms with Crippen LogP contribution in [0.4, 0.5) is 5.13 Å². The van der Waals surface area contributed by atoms with Gasteiger partial charge in [-0.05, 0) is 49.2 Å². The Labute approximate surface area is 221 Å². The standard InChI is InChI=1S/C26H27N5O3S.C2H6/c1-16-10-21(11-17(2)27-16)18-6-5-7-19(12-18)23-15-35-26(29-23)30-25(33)22(14-34-4)28-24(32)20-8-9-31(3)13-20;1-2/h5-13,15,22H,14H2,1-4H3,(H,28,32)(H,29,30,33);1-2H3. The molecule has 1 unspecified atom stereocenters. The number of hydrogen-bond donors (Lipinski definition) is 2. The highest BCUT2D eigenvalue weighted by Gasteiger charge is 2.23. The third-order valence-corrected chi connectivity index (χ3v) is 6.11. The number of amides is 2. The van der Waals surface area contributed by atoms with E-state index in [0.717, 1.165) is 33.8 Å². The lowest BCUT2D eigenvalue weighted by atomic mass is 10.0. The predicted molar refractivity (Wildman–Crippen MR) is 149 cm³/mol. The Morgan fingerprint density at radius 3 is 2.38 bits per heavy atom. The molecule has 194 valence electrons. The molecule has 3 heterocycles. The predicted octanol–water partition coefficient (Wildman–Crippen LogP) is 5.24. The van der Waals surface area contributed by atoms with E-state index < -0.39 is 11.9 Å². The number of ether oxygens (including phenoxy) is 1. The molecule has 8 nitrogen and oxygen atoms in total. The van der Waals surface area contributed by atoms with Gasteiger partial charge in [0, 0.05) is 48.9 Å². The van der Waals surface area contributed by atoms with Crippen LogP contribution in [-0.4, -0.2) is 46.1 Å². The van der Waals surface area contributed by atoms with Crippen LogP contribution >= 0.6 is 11.3 Å². The maximum atomic E-state index is 12.9. The lowest BCUT2D eigenvalue weighted by molar-refractivity contribution is -0.119. The molecule has 0 saturated heterocycles. The molecule has 1 atom stereocenters. The highest BCUT2D eigenvalue weighted by atomic mass is 32.1. The van der Waals surface area contributed by atoms with Crippen molar-refractivity contribution in [2.24, 2.45) is 7.05 Å². The molecule has 0 bridgehead atoms. The lowest BCUT2D eigenvalue weighted by Crippen LogP contribution is -2.46. The summed E-state index contributed by atoms with van der Waals surface area (Å²) in [5, 5.41) is 7.86. The van der Waals surface area contributed by atoms with Crippen LogP contribution in [0, 0.1) is 13.8 Å². The van der Waals surface area contributed by atoms with Gasteiger partial charge in [-0.3, -0.25) is 14.6 Å². The number of aryl methyl sites for hydroxylation is 3. The minimum Gasteiger partial charge on any atom is -0.382 e. The van der Waals surface area contributed by atoms with Crippen LogP contribution in [0.3, 0.4) is 0 Å². The normalized spacial score (nSPS) is 11.3. The Morgan fingerprint density at radius 2 is 1.73 bits per heavy atom. The summed E-state index contributed by atoms with van der Waals surface area (Å²) in [6.45, 7) is 8.00. The van der Waals surface area contributed by atoms with E-state index in [1.807, 2.05) is 52.3 Å². The molecular weight excluding hydrogens is 486 g/mol. The maximum Gasteiger partial charge on any atom is 0.253 e. The van der Waals surface area contributed by atoms with Crippen LogP contribution < -0.4 is 10.6 Å². The quantitative estimate of drug-likeness (QED) is 0.332. The van der Waals surface area contributed by atoms with E-state index in [4.69, 9.17) is 4.74 Å². The maximum absolute atomic E-state index is 12.9. The summed E-state index contributed by atoms with van der Waals surface area (Å²) >= 11 is 1.32. The number of benzene rings is 1. The molecule has 9 heteroatoms. The van der Waals surface area contributed by atoms with Gasteiger partial charge >= 0.3 is 0 Å². The monoisotopic (exact) mass is 519 g/mol. The van der Waals surface area contributed by atoms with Gasteiger partial charge in [-0.25, -0.2) is 4.98 Å². The zero-order valence-electron chi connectivity index (χ0n) is 22.0. The largest absolute Gasteiger partial charge is 0.382 e. The lowest BCUT2D eigenvalue weighted by Gasteiger charge is -2.16. The van der Waals surface area contributed by atoms with Gasteiger partial charge in [0.05, 0.1) is 17.9 Å². The number of pyridine rings is 1. The summed E-state index contributed by atoms with van der Waals surface area (Å²) in [5.41, 5.74) is 6.26. The first-order valence-electron chi connectivity index (χ1n) is 12.1. The first kappa shape index (κ1) is 27.8. The van der Waals surface area contributed by atoms with Crippen molar-refractivity contribution in [2.45, 2.75) is 33.7 Å². The smallest absolute Gasteiger partial charge is 0.253 e. The number of nitrogens with one attached hydrogen (secondary N) is 2. The van der Waals surface area contributed by atoms with Crippen LogP contribution in [-0.2, 0) is 16.6 Å². The molecule has 0 spiro atoms. The number of carbonyl (C=O) groups is 2. The molecule has 1 aromatic carbocycles. The van der Waals surface area contributed by atoms with Crippen LogP contribution in [0.15, 0.2) is 60.2 Å². The Bertz CT molecular complexity index is 1340. The Morgan fingerprint density at radius 1 is 1.03 bits per heavy atom. The summed E-state index contributed by atoms with van der Waals surface area (Å²) in [4.78, 5) is 34.4.